The Morgan fingerprint density at radius 1 is 1.26 bits per heavy atom. The Balaban J connectivity index is 2.32. The lowest BCUT2D eigenvalue weighted by Gasteiger charge is -2.15. The predicted octanol–water partition coefficient (Wildman–Crippen LogP) is 3.91. The lowest BCUT2D eigenvalue weighted by Crippen LogP contribution is -2.26. The van der Waals surface area contributed by atoms with E-state index in [0.717, 1.165) is 11.3 Å². The Labute approximate surface area is 112 Å². The van der Waals surface area contributed by atoms with Gasteiger partial charge >= 0.3 is 6.18 Å². The number of halogens is 3. The molecule has 5 heteroatoms. The molecule has 0 radical (unpaired) electrons. The van der Waals surface area contributed by atoms with Crippen LogP contribution in [-0.4, -0.2) is 19.3 Å². The van der Waals surface area contributed by atoms with Gasteiger partial charge in [-0.15, -0.1) is 0 Å². The van der Waals surface area contributed by atoms with E-state index in [4.69, 9.17) is 4.74 Å². The second-order valence-corrected chi connectivity index (χ2v) is 4.60. The number of hydrogen-bond donors (Lipinski definition) is 1. The highest BCUT2D eigenvalue weighted by Gasteiger charge is 2.26. The van der Waals surface area contributed by atoms with Gasteiger partial charge in [0.25, 0.3) is 0 Å². The molecule has 0 aliphatic heterocycles. The van der Waals surface area contributed by atoms with Crippen molar-refractivity contribution < 1.29 is 17.9 Å². The molecule has 0 amide bonds. The number of nitrogens with one attached hydrogen (secondary N) is 1. The molecule has 0 aliphatic rings. The van der Waals surface area contributed by atoms with E-state index in [-0.39, 0.29) is 12.5 Å². The molecule has 2 nitrogen and oxygen atoms in total. The third-order valence-corrected chi connectivity index (χ3v) is 2.93. The van der Waals surface area contributed by atoms with Crippen LogP contribution in [0.1, 0.15) is 31.7 Å². The monoisotopic (exact) mass is 275 g/mol. The highest BCUT2D eigenvalue weighted by molar-refractivity contribution is 5.32. The summed E-state index contributed by atoms with van der Waals surface area (Å²) in [6, 6.07) is 7.65. The van der Waals surface area contributed by atoms with Crippen molar-refractivity contribution in [3.05, 3.63) is 29.8 Å². The van der Waals surface area contributed by atoms with E-state index in [2.05, 4.69) is 5.32 Å². The fraction of sp³-hybridized carbons (Fsp3) is 0.571. The maximum atomic E-state index is 12.0. The molecule has 0 spiro atoms. The molecule has 19 heavy (non-hydrogen) atoms. The molecule has 0 aromatic heterocycles. The first-order valence-electron chi connectivity index (χ1n) is 6.34. The summed E-state index contributed by atoms with van der Waals surface area (Å²) in [5.41, 5.74) is 1.01. The van der Waals surface area contributed by atoms with Crippen LogP contribution in [0, 0.1) is 0 Å². The fourth-order valence-electron chi connectivity index (χ4n) is 1.84. The first kappa shape index (κ1) is 15.8. The van der Waals surface area contributed by atoms with Gasteiger partial charge in [-0.2, -0.15) is 13.2 Å². The van der Waals surface area contributed by atoms with Crippen LogP contribution >= 0.6 is 0 Å². The lowest BCUT2D eigenvalue weighted by atomic mass is 10.1. The Morgan fingerprint density at radius 3 is 2.58 bits per heavy atom. The van der Waals surface area contributed by atoms with Gasteiger partial charge < -0.3 is 10.1 Å². The standard InChI is InChI=1S/C14H20F3NO/c1-11(6-5-9-14(15,16)17)18-10-12-7-3-4-8-13(12)19-2/h3-4,7-8,11,18H,5-6,9-10H2,1-2H3. The van der Waals surface area contributed by atoms with Crippen LogP contribution in [0.15, 0.2) is 24.3 Å². The van der Waals surface area contributed by atoms with E-state index >= 15 is 0 Å². The molecule has 0 fully saturated rings. The summed E-state index contributed by atoms with van der Waals surface area (Å²) in [7, 11) is 1.60. The van der Waals surface area contributed by atoms with Crippen molar-refractivity contribution in [1.29, 1.82) is 0 Å². The maximum Gasteiger partial charge on any atom is 0.389 e. The fourth-order valence-corrected chi connectivity index (χ4v) is 1.84. The van der Waals surface area contributed by atoms with E-state index in [1.54, 1.807) is 7.11 Å². The molecule has 1 aromatic rings. The van der Waals surface area contributed by atoms with Crippen LogP contribution in [-0.2, 0) is 6.54 Å². The predicted molar refractivity (Wildman–Crippen MR) is 69.2 cm³/mol. The van der Waals surface area contributed by atoms with Gasteiger partial charge in [-0.05, 0) is 25.8 Å². The average Bonchev–Trinajstić information content (AvgIpc) is 2.35. The average molecular weight is 275 g/mol. The molecule has 0 saturated carbocycles. The summed E-state index contributed by atoms with van der Waals surface area (Å²) in [5.74, 6) is 0.789. The van der Waals surface area contributed by atoms with Crippen LogP contribution in [0.2, 0.25) is 0 Å². The molecule has 0 bridgehead atoms. The van der Waals surface area contributed by atoms with E-state index < -0.39 is 12.6 Å². The molecule has 1 atom stereocenters. The summed E-state index contributed by atoms with van der Waals surface area (Å²) >= 11 is 0. The quantitative estimate of drug-likeness (QED) is 0.814. The van der Waals surface area contributed by atoms with Crippen molar-refractivity contribution in [2.45, 2.75) is 44.9 Å². The first-order chi connectivity index (χ1) is 8.92. The Kier molecular flexibility index (Phi) is 6.15. The van der Waals surface area contributed by atoms with Crippen molar-refractivity contribution >= 4 is 0 Å². The minimum absolute atomic E-state index is 0.0484. The normalized spacial score (nSPS) is 13.3. The van der Waals surface area contributed by atoms with Gasteiger partial charge in [-0.3, -0.25) is 0 Å². The summed E-state index contributed by atoms with van der Waals surface area (Å²) in [6.07, 6.45) is -4.10. The third kappa shape index (κ3) is 6.47. The van der Waals surface area contributed by atoms with Gasteiger partial charge in [0.15, 0.2) is 0 Å². The van der Waals surface area contributed by atoms with E-state index in [0.29, 0.717) is 13.0 Å². The van der Waals surface area contributed by atoms with Gasteiger partial charge in [-0.25, -0.2) is 0 Å². The van der Waals surface area contributed by atoms with Gasteiger partial charge in [0, 0.05) is 24.6 Å². The van der Waals surface area contributed by atoms with Crippen LogP contribution in [0.3, 0.4) is 0 Å². The summed E-state index contributed by atoms with van der Waals surface area (Å²) in [5, 5.41) is 3.21. The third-order valence-electron chi connectivity index (χ3n) is 2.93. The van der Waals surface area contributed by atoms with Gasteiger partial charge in [-0.1, -0.05) is 18.2 Å². The lowest BCUT2D eigenvalue weighted by molar-refractivity contribution is -0.135. The molecule has 0 aliphatic carbocycles. The minimum Gasteiger partial charge on any atom is -0.496 e. The van der Waals surface area contributed by atoms with E-state index in [1.165, 1.54) is 0 Å². The largest absolute Gasteiger partial charge is 0.496 e. The zero-order valence-corrected chi connectivity index (χ0v) is 11.3. The number of hydrogen-bond acceptors (Lipinski definition) is 2. The Morgan fingerprint density at radius 2 is 1.95 bits per heavy atom. The van der Waals surface area contributed by atoms with Crippen molar-refractivity contribution in [3.63, 3.8) is 0 Å². The van der Waals surface area contributed by atoms with Gasteiger partial charge in [0.1, 0.15) is 5.75 Å². The van der Waals surface area contributed by atoms with Crippen molar-refractivity contribution in [2.75, 3.05) is 7.11 Å². The number of ether oxygens (including phenoxy) is 1. The maximum absolute atomic E-state index is 12.0. The minimum atomic E-state index is -4.05. The highest BCUT2D eigenvalue weighted by Crippen LogP contribution is 2.23. The SMILES string of the molecule is COc1ccccc1CNC(C)CCCC(F)(F)F. The molecule has 0 saturated heterocycles. The zero-order chi connectivity index (χ0) is 14.3. The molecular weight excluding hydrogens is 255 g/mol. The Bertz CT molecular complexity index is 379. The smallest absolute Gasteiger partial charge is 0.389 e. The Hall–Kier alpha value is -1.23. The van der Waals surface area contributed by atoms with Crippen LogP contribution in [0.25, 0.3) is 0 Å². The number of para-hydroxylation sites is 1. The number of rotatable bonds is 7. The second-order valence-electron chi connectivity index (χ2n) is 4.60. The van der Waals surface area contributed by atoms with E-state index in [9.17, 15) is 13.2 Å². The number of alkyl halides is 3. The van der Waals surface area contributed by atoms with Crippen LogP contribution in [0.5, 0.6) is 5.75 Å². The molecule has 0 heterocycles. The number of benzene rings is 1. The summed E-state index contributed by atoms with van der Waals surface area (Å²) in [4.78, 5) is 0. The van der Waals surface area contributed by atoms with E-state index in [1.807, 2.05) is 31.2 Å². The number of methoxy groups -OCH3 is 1. The zero-order valence-electron chi connectivity index (χ0n) is 11.3. The van der Waals surface area contributed by atoms with Crippen molar-refractivity contribution in [2.24, 2.45) is 0 Å². The van der Waals surface area contributed by atoms with Gasteiger partial charge in [0.05, 0.1) is 7.11 Å². The van der Waals surface area contributed by atoms with Crippen molar-refractivity contribution in [1.82, 2.24) is 5.32 Å². The summed E-state index contributed by atoms with van der Waals surface area (Å²) < 4.78 is 41.3. The summed E-state index contributed by atoms with van der Waals surface area (Å²) in [6.45, 7) is 2.49. The van der Waals surface area contributed by atoms with Crippen LogP contribution < -0.4 is 10.1 Å². The van der Waals surface area contributed by atoms with Gasteiger partial charge in [0.2, 0.25) is 0 Å². The molecule has 1 N–H and O–H groups in total. The van der Waals surface area contributed by atoms with Crippen molar-refractivity contribution in [3.8, 4) is 5.75 Å². The second kappa shape index (κ2) is 7.38. The molecule has 108 valence electrons. The first-order valence-corrected chi connectivity index (χ1v) is 6.34. The molecular formula is C14H20F3NO. The molecule has 1 aromatic carbocycles. The van der Waals surface area contributed by atoms with Crippen LogP contribution in [0.4, 0.5) is 13.2 Å². The topological polar surface area (TPSA) is 21.3 Å². The molecule has 1 unspecified atom stereocenters. The highest BCUT2D eigenvalue weighted by atomic mass is 19.4. The molecule has 1 rings (SSSR count).